The average Bonchev–Trinajstić information content (AvgIpc) is 3.08. The highest BCUT2D eigenvalue weighted by Gasteiger charge is 2.23. The van der Waals surface area contributed by atoms with E-state index in [9.17, 15) is 4.79 Å². The standard InChI is InChI=1S/C14H15N3O/c18-10-12-9-17(13-5-7-15-8-6-13)16-14(12)11-3-1-2-4-11/h5-11H,1-4H2. The molecule has 0 aromatic carbocycles. The van der Waals surface area contributed by atoms with E-state index in [1.54, 1.807) is 17.1 Å². The number of carbonyl (C=O) groups excluding carboxylic acids is 1. The summed E-state index contributed by atoms with van der Waals surface area (Å²) in [5.41, 5.74) is 2.62. The summed E-state index contributed by atoms with van der Waals surface area (Å²) in [5.74, 6) is 0.452. The monoisotopic (exact) mass is 241 g/mol. The molecule has 0 amide bonds. The first kappa shape index (κ1) is 11.1. The van der Waals surface area contributed by atoms with Crippen LogP contribution in [0.1, 0.15) is 47.7 Å². The fraction of sp³-hybridized carbons (Fsp3) is 0.357. The van der Waals surface area contributed by atoms with Crippen LogP contribution in [0.4, 0.5) is 0 Å². The number of aldehydes is 1. The van der Waals surface area contributed by atoms with Crippen molar-refractivity contribution in [3.8, 4) is 5.69 Å². The number of aromatic nitrogens is 3. The van der Waals surface area contributed by atoms with Crippen LogP contribution < -0.4 is 0 Å². The summed E-state index contributed by atoms with van der Waals surface area (Å²) in [6, 6.07) is 3.78. The minimum atomic E-state index is 0.452. The summed E-state index contributed by atoms with van der Waals surface area (Å²) in [4.78, 5) is 15.2. The Morgan fingerprint density at radius 3 is 2.61 bits per heavy atom. The molecule has 3 rings (SSSR count). The van der Waals surface area contributed by atoms with E-state index in [4.69, 9.17) is 0 Å². The summed E-state index contributed by atoms with van der Waals surface area (Å²) >= 11 is 0. The van der Waals surface area contributed by atoms with Crippen molar-refractivity contribution in [3.05, 3.63) is 42.0 Å². The van der Waals surface area contributed by atoms with Gasteiger partial charge in [0.1, 0.15) is 0 Å². The lowest BCUT2D eigenvalue weighted by Crippen LogP contribution is -1.99. The van der Waals surface area contributed by atoms with E-state index >= 15 is 0 Å². The zero-order chi connectivity index (χ0) is 12.4. The van der Waals surface area contributed by atoms with Crippen LogP contribution in [0, 0.1) is 0 Å². The average molecular weight is 241 g/mol. The number of nitrogens with zero attached hydrogens (tertiary/aromatic N) is 3. The summed E-state index contributed by atoms with van der Waals surface area (Å²) in [6.07, 6.45) is 11.0. The Hall–Kier alpha value is -1.97. The van der Waals surface area contributed by atoms with Crippen LogP contribution in [-0.4, -0.2) is 21.1 Å². The van der Waals surface area contributed by atoms with Crippen molar-refractivity contribution in [1.29, 1.82) is 0 Å². The molecule has 2 heterocycles. The number of rotatable bonds is 3. The Kier molecular flexibility index (Phi) is 2.92. The lowest BCUT2D eigenvalue weighted by atomic mass is 10.0. The van der Waals surface area contributed by atoms with Crippen molar-refractivity contribution >= 4 is 6.29 Å². The van der Waals surface area contributed by atoms with Gasteiger partial charge in [-0.05, 0) is 25.0 Å². The van der Waals surface area contributed by atoms with Gasteiger partial charge in [-0.2, -0.15) is 5.10 Å². The number of hydrogen-bond acceptors (Lipinski definition) is 3. The summed E-state index contributed by atoms with van der Waals surface area (Å²) in [5, 5.41) is 4.59. The van der Waals surface area contributed by atoms with Gasteiger partial charge in [-0.3, -0.25) is 9.78 Å². The van der Waals surface area contributed by atoms with Gasteiger partial charge in [-0.15, -0.1) is 0 Å². The minimum Gasteiger partial charge on any atom is -0.298 e. The number of carbonyl (C=O) groups is 1. The molecule has 4 nitrogen and oxygen atoms in total. The lowest BCUT2D eigenvalue weighted by Gasteiger charge is -2.05. The molecule has 2 aromatic rings. The molecule has 1 aliphatic rings. The Morgan fingerprint density at radius 2 is 1.94 bits per heavy atom. The SMILES string of the molecule is O=Cc1cn(-c2ccncc2)nc1C1CCCC1. The van der Waals surface area contributed by atoms with E-state index in [1.807, 2.05) is 18.3 Å². The maximum atomic E-state index is 11.2. The second-order valence-electron chi connectivity index (χ2n) is 4.72. The molecular weight excluding hydrogens is 226 g/mol. The normalized spacial score (nSPS) is 16.0. The number of hydrogen-bond donors (Lipinski definition) is 0. The smallest absolute Gasteiger partial charge is 0.153 e. The largest absolute Gasteiger partial charge is 0.298 e. The van der Waals surface area contributed by atoms with Gasteiger partial charge in [0.2, 0.25) is 0 Å². The molecule has 2 aromatic heterocycles. The molecule has 0 bridgehead atoms. The Balaban J connectivity index is 2.00. The highest BCUT2D eigenvalue weighted by molar-refractivity contribution is 5.76. The topological polar surface area (TPSA) is 47.8 Å². The van der Waals surface area contributed by atoms with E-state index < -0.39 is 0 Å². The maximum absolute atomic E-state index is 11.2. The zero-order valence-corrected chi connectivity index (χ0v) is 10.1. The summed E-state index contributed by atoms with van der Waals surface area (Å²) in [6.45, 7) is 0. The van der Waals surface area contributed by atoms with E-state index in [-0.39, 0.29) is 0 Å². The minimum absolute atomic E-state index is 0.452. The van der Waals surface area contributed by atoms with Crippen LogP contribution in [0.3, 0.4) is 0 Å². The molecule has 1 fully saturated rings. The van der Waals surface area contributed by atoms with Crippen LogP contribution in [0.15, 0.2) is 30.7 Å². The summed E-state index contributed by atoms with van der Waals surface area (Å²) < 4.78 is 1.78. The zero-order valence-electron chi connectivity index (χ0n) is 10.1. The van der Waals surface area contributed by atoms with Crippen molar-refractivity contribution in [3.63, 3.8) is 0 Å². The van der Waals surface area contributed by atoms with Crippen LogP contribution >= 0.6 is 0 Å². The fourth-order valence-corrected chi connectivity index (χ4v) is 2.64. The van der Waals surface area contributed by atoms with Crippen molar-refractivity contribution in [1.82, 2.24) is 14.8 Å². The molecule has 1 aliphatic carbocycles. The number of pyridine rings is 1. The quantitative estimate of drug-likeness (QED) is 0.776. The second kappa shape index (κ2) is 4.72. The fourth-order valence-electron chi connectivity index (χ4n) is 2.64. The highest BCUT2D eigenvalue weighted by atomic mass is 16.1. The van der Waals surface area contributed by atoms with Gasteiger partial charge in [0, 0.05) is 24.5 Å². The van der Waals surface area contributed by atoms with Crippen molar-refractivity contribution in [2.24, 2.45) is 0 Å². The molecule has 0 radical (unpaired) electrons. The van der Waals surface area contributed by atoms with Gasteiger partial charge < -0.3 is 0 Å². The third-order valence-corrected chi connectivity index (χ3v) is 3.57. The first-order chi connectivity index (χ1) is 8.88. The highest BCUT2D eigenvalue weighted by Crippen LogP contribution is 2.34. The molecule has 0 N–H and O–H groups in total. The van der Waals surface area contributed by atoms with Crippen molar-refractivity contribution < 1.29 is 4.79 Å². The third-order valence-electron chi connectivity index (χ3n) is 3.57. The van der Waals surface area contributed by atoms with Gasteiger partial charge in [0.25, 0.3) is 0 Å². The molecule has 0 spiro atoms. The molecule has 0 aliphatic heterocycles. The van der Waals surface area contributed by atoms with Gasteiger partial charge in [0.05, 0.1) is 16.9 Å². The second-order valence-corrected chi connectivity index (χ2v) is 4.72. The molecule has 1 saturated carbocycles. The summed E-state index contributed by atoms with van der Waals surface area (Å²) in [7, 11) is 0. The van der Waals surface area contributed by atoms with E-state index in [0.717, 1.165) is 36.1 Å². The third kappa shape index (κ3) is 1.94. The van der Waals surface area contributed by atoms with Gasteiger partial charge in [-0.1, -0.05) is 12.8 Å². The first-order valence-corrected chi connectivity index (χ1v) is 6.33. The van der Waals surface area contributed by atoms with Gasteiger partial charge in [0.15, 0.2) is 6.29 Å². The predicted octanol–water partition coefficient (Wildman–Crippen LogP) is 2.74. The maximum Gasteiger partial charge on any atom is 0.153 e. The van der Waals surface area contributed by atoms with E-state index in [1.165, 1.54) is 12.8 Å². The van der Waals surface area contributed by atoms with Crippen LogP contribution in [0.5, 0.6) is 0 Å². The van der Waals surface area contributed by atoms with Crippen LogP contribution in [0.25, 0.3) is 5.69 Å². The Bertz CT molecular complexity index is 541. The van der Waals surface area contributed by atoms with E-state index in [0.29, 0.717) is 5.92 Å². The molecule has 92 valence electrons. The predicted molar refractivity (Wildman–Crippen MR) is 68.0 cm³/mol. The first-order valence-electron chi connectivity index (χ1n) is 6.33. The molecule has 4 heteroatoms. The van der Waals surface area contributed by atoms with Crippen LogP contribution in [-0.2, 0) is 0 Å². The molecular formula is C14H15N3O. The Labute approximate surface area is 106 Å². The van der Waals surface area contributed by atoms with Gasteiger partial charge in [-0.25, -0.2) is 4.68 Å². The van der Waals surface area contributed by atoms with Gasteiger partial charge >= 0.3 is 0 Å². The molecule has 0 atom stereocenters. The lowest BCUT2D eigenvalue weighted by molar-refractivity contribution is 0.112. The molecule has 0 unspecified atom stereocenters. The van der Waals surface area contributed by atoms with Crippen molar-refractivity contribution in [2.75, 3.05) is 0 Å². The molecule has 0 saturated heterocycles. The van der Waals surface area contributed by atoms with Crippen LogP contribution in [0.2, 0.25) is 0 Å². The van der Waals surface area contributed by atoms with Crippen molar-refractivity contribution in [2.45, 2.75) is 31.6 Å². The van der Waals surface area contributed by atoms with E-state index in [2.05, 4.69) is 10.1 Å². The Morgan fingerprint density at radius 1 is 1.22 bits per heavy atom. The molecule has 18 heavy (non-hydrogen) atoms.